The van der Waals surface area contributed by atoms with Gasteiger partial charge >= 0.3 is 0 Å². The molecule has 1 aliphatic heterocycles. The molecule has 0 aromatic heterocycles. The Bertz CT molecular complexity index is 441. The smallest absolute Gasteiger partial charge is 0.158 e. The van der Waals surface area contributed by atoms with E-state index in [-0.39, 0.29) is 11.0 Å². The fourth-order valence-electron chi connectivity index (χ4n) is 2.10. The molecule has 0 radical (unpaired) electrons. The van der Waals surface area contributed by atoms with E-state index in [1.54, 1.807) is 0 Å². The number of nitrogens with zero attached hydrogens (tertiary/aromatic N) is 1. The van der Waals surface area contributed by atoms with Crippen LogP contribution in [0.5, 0.6) is 0 Å². The van der Waals surface area contributed by atoms with Crippen molar-refractivity contribution >= 4 is 9.84 Å². The first kappa shape index (κ1) is 11.6. The summed E-state index contributed by atoms with van der Waals surface area (Å²) in [4.78, 5) is 2.08. The van der Waals surface area contributed by atoms with Gasteiger partial charge in [-0.3, -0.25) is 0 Å². The van der Waals surface area contributed by atoms with E-state index in [4.69, 9.17) is 0 Å². The van der Waals surface area contributed by atoms with Gasteiger partial charge in [0.15, 0.2) is 9.84 Å². The first-order valence-electron chi connectivity index (χ1n) is 5.54. The summed E-state index contributed by atoms with van der Waals surface area (Å²) in [6, 6.07) is 9.54. The van der Waals surface area contributed by atoms with Gasteiger partial charge in [-0.2, -0.15) is 0 Å². The molecule has 1 heterocycles. The topological polar surface area (TPSA) is 37.4 Å². The summed E-state index contributed by atoms with van der Waals surface area (Å²) in [6.45, 7) is 1.49. The minimum atomic E-state index is -2.99. The molecule has 0 spiro atoms. The maximum Gasteiger partial charge on any atom is 0.158 e. The molecule has 0 aliphatic carbocycles. The van der Waals surface area contributed by atoms with Crippen LogP contribution in [0.1, 0.15) is 17.2 Å². The lowest BCUT2D eigenvalue weighted by Gasteiger charge is -2.14. The molecule has 1 aliphatic rings. The normalized spacial score (nSPS) is 26.2. The van der Waals surface area contributed by atoms with Gasteiger partial charge in [-0.05, 0) is 25.6 Å². The number of sulfone groups is 1. The highest BCUT2D eigenvalue weighted by molar-refractivity contribution is 7.91. The Balaban J connectivity index is 2.32. The summed E-state index contributed by atoms with van der Waals surface area (Å²) < 4.78 is 24.2. The van der Waals surface area contributed by atoms with Crippen LogP contribution in [0, 0.1) is 0 Å². The van der Waals surface area contributed by atoms with Gasteiger partial charge < -0.3 is 4.90 Å². The Morgan fingerprint density at radius 2 is 1.88 bits per heavy atom. The molecule has 4 heteroatoms. The van der Waals surface area contributed by atoms with Gasteiger partial charge in [0.2, 0.25) is 0 Å². The summed E-state index contributed by atoms with van der Waals surface area (Å²) in [7, 11) is -1.01. The molecule has 1 aromatic rings. The molecule has 2 rings (SSSR count). The van der Waals surface area contributed by atoms with Crippen LogP contribution in [0.15, 0.2) is 30.3 Å². The lowest BCUT2D eigenvalue weighted by molar-refractivity contribution is 0.355. The van der Waals surface area contributed by atoms with Crippen LogP contribution in [0.4, 0.5) is 0 Å². The molecular weight excluding hydrogens is 222 g/mol. The van der Waals surface area contributed by atoms with Crippen LogP contribution >= 0.6 is 0 Å². The number of hydrogen-bond acceptors (Lipinski definition) is 3. The van der Waals surface area contributed by atoms with Crippen molar-refractivity contribution in [2.45, 2.75) is 11.7 Å². The fourth-order valence-corrected chi connectivity index (χ4v) is 3.98. The van der Waals surface area contributed by atoms with Crippen molar-refractivity contribution in [2.75, 3.05) is 25.9 Å². The SMILES string of the molecule is CN1CCC(c2ccccc2)S(=O)(=O)CC1. The summed E-state index contributed by atoms with van der Waals surface area (Å²) in [5.41, 5.74) is 0.929. The van der Waals surface area contributed by atoms with Crippen molar-refractivity contribution < 1.29 is 8.42 Å². The van der Waals surface area contributed by atoms with E-state index in [1.807, 2.05) is 37.4 Å². The Morgan fingerprint density at radius 1 is 1.19 bits per heavy atom. The van der Waals surface area contributed by atoms with Crippen LogP contribution < -0.4 is 0 Å². The van der Waals surface area contributed by atoms with E-state index in [0.29, 0.717) is 13.0 Å². The van der Waals surface area contributed by atoms with E-state index >= 15 is 0 Å². The zero-order chi connectivity index (χ0) is 11.6. The Hall–Kier alpha value is -0.870. The summed E-state index contributed by atoms with van der Waals surface area (Å²) in [5, 5.41) is -0.321. The summed E-state index contributed by atoms with van der Waals surface area (Å²) in [6.07, 6.45) is 0.697. The van der Waals surface area contributed by atoms with Crippen LogP contribution in [0.25, 0.3) is 0 Å². The van der Waals surface area contributed by atoms with Crippen molar-refractivity contribution in [3.05, 3.63) is 35.9 Å². The molecule has 1 atom stereocenters. The van der Waals surface area contributed by atoms with Crippen molar-refractivity contribution in [3.63, 3.8) is 0 Å². The summed E-state index contributed by atoms with van der Waals surface area (Å²) in [5.74, 6) is 0.267. The van der Waals surface area contributed by atoms with Crippen molar-refractivity contribution in [3.8, 4) is 0 Å². The largest absolute Gasteiger partial charge is 0.305 e. The molecule has 88 valence electrons. The van der Waals surface area contributed by atoms with Crippen molar-refractivity contribution in [2.24, 2.45) is 0 Å². The van der Waals surface area contributed by atoms with Gasteiger partial charge in [-0.1, -0.05) is 30.3 Å². The molecule has 0 amide bonds. The van der Waals surface area contributed by atoms with Crippen LogP contribution in [-0.2, 0) is 9.84 Å². The molecule has 1 fully saturated rings. The number of rotatable bonds is 1. The molecule has 0 N–H and O–H groups in total. The zero-order valence-electron chi connectivity index (χ0n) is 9.46. The Morgan fingerprint density at radius 3 is 2.56 bits per heavy atom. The molecule has 0 saturated carbocycles. The highest BCUT2D eigenvalue weighted by Crippen LogP contribution is 2.28. The van der Waals surface area contributed by atoms with Gasteiger partial charge in [-0.15, -0.1) is 0 Å². The van der Waals surface area contributed by atoms with Crippen molar-refractivity contribution in [1.29, 1.82) is 0 Å². The molecule has 16 heavy (non-hydrogen) atoms. The third-order valence-electron chi connectivity index (χ3n) is 3.14. The average molecular weight is 239 g/mol. The van der Waals surface area contributed by atoms with Gasteiger partial charge in [-0.25, -0.2) is 8.42 Å². The van der Waals surface area contributed by atoms with E-state index in [2.05, 4.69) is 4.90 Å². The quantitative estimate of drug-likeness (QED) is 0.745. The van der Waals surface area contributed by atoms with Gasteiger partial charge in [0.1, 0.15) is 0 Å². The van der Waals surface area contributed by atoms with E-state index in [9.17, 15) is 8.42 Å². The molecule has 3 nitrogen and oxygen atoms in total. The minimum absolute atomic E-state index is 0.267. The van der Waals surface area contributed by atoms with Crippen LogP contribution in [0.2, 0.25) is 0 Å². The molecule has 1 saturated heterocycles. The molecule has 1 aromatic carbocycles. The second kappa shape index (κ2) is 4.55. The Kier molecular flexibility index (Phi) is 3.30. The molecule has 1 unspecified atom stereocenters. The second-order valence-corrected chi connectivity index (χ2v) is 6.66. The highest BCUT2D eigenvalue weighted by Gasteiger charge is 2.29. The Labute approximate surface area is 97.0 Å². The fraction of sp³-hybridized carbons (Fsp3) is 0.500. The van der Waals surface area contributed by atoms with E-state index in [0.717, 1.165) is 12.1 Å². The standard InChI is InChI=1S/C12H17NO2S/c1-13-8-7-12(16(14,15)10-9-13)11-5-3-2-4-6-11/h2-6,12H,7-10H2,1H3. The predicted molar refractivity (Wildman–Crippen MR) is 65.1 cm³/mol. The maximum atomic E-state index is 12.1. The third kappa shape index (κ3) is 2.44. The van der Waals surface area contributed by atoms with E-state index < -0.39 is 9.84 Å². The first-order valence-corrected chi connectivity index (χ1v) is 7.26. The third-order valence-corrected chi connectivity index (χ3v) is 5.26. The van der Waals surface area contributed by atoms with Crippen LogP contribution in [-0.4, -0.2) is 39.2 Å². The predicted octanol–water partition coefficient (Wildman–Crippen LogP) is 1.48. The number of benzene rings is 1. The first-order chi connectivity index (χ1) is 7.59. The zero-order valence-corrected chi connectivity index (χ0v) is 10.3. The highest BCUT2D eigenvalue weighted by atomic mass is 32.2. The van der Waals surface area contributed by atoms with Gasteiger partial charge in [0.25, 0.3) is 0 Å². The van der Waals surface area contributed by atoms with E-state index in [1.165, 1.54) is 0 Å². The second-order valence-electron chi connectivity index (χ2n) is 4.36. The van der Waals surface area contributed by atoms with Gasteiger partial charge in [0, 0.05) is 6.54 Å². The number of hydrogen-bond donors (Lipinski definition) is 0. The average Bonchev–Trinajstić information content (AvgIpc) is 2.40. The summed E-state index contributed by atoms with van der Waals surface area (Å²) >= 11 is 0. The van der Waals surface area contributed by atoms with Crippen molar-refractivity contribution in [1.82, 2.24) is 4.90 Å². The van der Waals surface area contributed by atoms with Crippen LogP contribution in [0.3, 0.4) is 0 Å². The lowest BCUT2D eigenvalue weighted by Crippen LogP contribution is -2.22. The van der Waals surface area contributed by atoms with Gasteiger partial charge in [0.05, 0.1) is 11.0 Å². The lowest BCUT2D eigenvalue weighted by atomic mass is 10.1. The maximum absolute atomic E-state index is 12.1. The molecule has 0 bridgehead atoms. The molecular formula is C12H17NO2S. The minimum Gasteiger partial charge on any atom is -0.305 e. The monoisotopic (exact) mass is 239 g/mol.